The van der Waals surface area contributed by atoms with Crippen LogP contribution in [-0.2, 0) is 13.1 Å². The molecule has 0 aliphatic carbocycles. The molecule has 0 amide bonds. The van der Waals surface area contributed by atoms with Crippen molar-refractivity contribution in [3.63, 3.8) is 0 Å². The quantitative estimate of drug-likeness (QED) is 0.629. The van der Waals surface area contributed by atoms with Gasteiger partial charge in [-0.3, -0.25) is 4.99 Å². The van der Waals surface area contributed by atoms with Crippen LogP contribution in [0.2, 0.25) is 0 Å². The van der Waals surface area contributed by atoms with Gasteiger partial charge in [-0.1, -0.05) is 42.5 Å². The first kappa shape index (κ1) is 17.7. The van der Waals surface area contributed by atoms with Crippen LogP contribution in [-0.4, -0.2) is 19.6 Å². The van der Waals surface area contributed by atoms with Gasteiger partial charge in [0.2, 0.25) is 0 Å². The van der Waals surface area contributed by atoms with Crippen molar-refractivity contribution in [3.05, 3.63) is 65.2 Å². The molecule has 0 heterocycles. The molecule has 0 saturated heterocycles. The Morgan fingerprint density at radius 1 is 1.00 bits per heavy atom. The second kappa shape index (κ2) is 8.86. The van der Waals surface area contributed by atoms with E-state index in [-0.39, 0.29) is 5.75 Å². The number of aryl methyl sites for hydroxylation is 1. The number of hydrogen-bond donors (Lipinski definition) is 2. The van der Waals surface area contributed by atoms with Gasteiger partial charge in [0, 0.05) is 25.7 Å². The Labute approximate surface area is 140 Å². The van der Waals surface area contributed by atoms with E-state index in [0.717, 1.165) is 0 Å². The zero-order chi connectivity index (χ0) is 17.4. The van der Waals surface area contributed by atoms with Crippen LogP contribution >= 0.6 is 0 Å². The average molecular weight is 333 g/mol. The number of halogens is 2. The van der Waals surface area contributed by atoms with Gasteiger partial charge in [-0.25, -0.2) is 0 Å². The molecule has 0 atom stereocenters. The number of benzene rings is 2. The van der Waals surface area contributed by atoms with Gasteiger partial charge < -0.3 is 15.4 Å². The number of nitrogens with zero attached hydrogens (tertiary/aromatic N) is 1. The van der Waals surface area contributed by atoms with Crippen molar-refractivity contribution in [3.8, 4) is 5.75 Å². The average Bonchev–Trinajstić information content (AvgIpc) is 2.57. The molecule has 4 nitrogen and oxygen atoms in total. The lowest BCUT2D eigenvalue weighted by Crippen LogP contribution is -2.36. The van der Waals surface area contributed by atoms with Crippen LogP contribution < -0.4 is 15.4 Å². The molecule has 0 aromatic heterocycles. The summed E-state index contributed by atoms with van der Waals surface area (Å²) in [7, 11) is 1.66. The number of hydrogen-bond acceptors (Lipinski definition) is 2. The molecule has 0 aliphatic rings. The summed E-state index contributed by atoms with van der Waals surface area (Å²) in [6.07, 6.45) is 0. The highest BCUT2D eigenvalue weighted by Crippen LogP contribution is 2.19. The van der Waals surface area contributed by atoms with Crippen molar-refractivity contribution in [2.75, 3.05) is 7.05 Å². The molecular formula is C18H21F2N3O. The number of alkyl halides is 2. The van der Waals surface area contributed by atoms with Gasteiger partial charge in [0.1, 0.15) is 5.75 Å². The summed E-state index contributed by atoms with van der Waals surface area (Å²) in [6, 6.07) is 14.8. The van der Waals surface area contributed by atoms with E-state index in [0.29, 0.717) is 24.6 Å². The lowest BCUT2D eigenvalue weighted by molar-refractivity contribution is -0.0504. The lowest BCUT2D eigenvalue weighted by Gasteiger charge is -2.15. The highest BCUT2D eigenvalue weighted by atomic mass is 19.3. The molecule has 2 aromatic rings. The topological polar surface area (TPSA) is 45.7 Å². The minimum atomic E-state index is -2.84. The van der Waals surface area contributed by atoms with E-state index < -0.39 is 6.61 Å². The van der Waals surface area contributed by atoms with Gasteiger partial charge >= 0.3 is 6.61 Å². The van der Waals surface area contributed by atoms with Crippen molar-refractivity contribution in [1.29, 1.82) is 0 Å². The number of guanidine groups is 1. The van der Waals surface area contributed by atoms with E-state index in [1.54, 1.807) is 25.2 Å². The molecule has 0 spiro atoms. The van der Waals surface area contributed by atoms with E-state index in [1.807, 2.05) is 31.2 Å². The van der Waals surface area contributed by atoms with E-state index in [2.05, 4.69) is 20.4 Å². The Morgan fingerprint density at radius 3 is 2.21 bits per heavy atom. The summed E-state index contributed by atoms with van der Waals surface area (Å²) in [5.74, 6) is 0.749. The first-order chi connectivity index (χ1) is 11.6. The number of para-hydroxylation sites is 1. The Balaban J connectivity index is 1.94. The van der Waals surface area contributed by atoms with Crippen LogP contribution in [0.3, 0.4) is 0 Å². The standard InChI is InChI=1S/C18H21F2N3O/c1-13-7-3-4-8-14(13)11-22-18(21-2)23-12-15-9-5-6-10-16(15)24-17(19)20/h3-10,17H,11-12H2,1-2H3,(H2,21,22,23). The van der Waals surface area contributed by atoms with Crippen molar-refractivity contribution >= 4 is 5.96 Å². The zero-order valence-corrected chi connectivity index (χ0v) is 13.7. The molecule has 128 valence electrons. The second-order valence-electron chi connectivity index (χ2n) is 5.19. The maximum absolute atomic E-state index is 12.4. The van der Waals surface area contributed by atoms with Crippen LogP contribution in [0.15, 0.2) is 53.5 Å². The van der Waals surface area contributed by atoms with Gasteiger partial charge in [-0.15, -0.1) is 0 Å². The molecule has 2 rings (SSSR count). The molecule has 0 bridgehead atoms. The minimum Gasteiger partial charge on any atom is -0.434 e. The Kier molecular flexibility index (Phi) is 6.54. The molecule has 6 heteroatoms. The summed E-state index contributed by atoms with van der Waals surface area (Å²) in [4.78, 5) is 4.14. The Morgan fingerprint density at radius 2 is 1.58 bits per heavy atom. The minimum absolute atomic E-state index is 0.161. The maximum atomic E-state index is 12.4. The first-order valence-corrected chi connectivity index (χ1v) is 7.62. The van der Waals surface area contributed by atoms with Gasteiger partial charge in [0.05, 0.1) is 0 Å². The SMILES string of the molecule is CN=C(NCc1ccccc1C)NCc1ccccc1OC(F)F. The molecule has 2 N–H and O–H groups in total. The fraction of sp³-hybridized carbons (Fsp3) is 0.278. The second-order valence-corrected chi connectivity index (χ2v) is 5.19. The molecular weight excluding hydrogens is 312 g/mol. The molecule has 0 unspecified atom stereocenters. The van der Waals surface area contributed by atoms with Crippen molar-refractivity contribution in [1.82, 2.24) is 10.6 Å². The maximum Gasteiger partial charge on any atom is 0.387 e. The summed E-state index contributed by atoms with van der Waals surface area (Å²) in [6.45, 7) is 0.160. The van der Waals surface area contributed by atoms with Gasteiger partial charge in [0.15, 0.2) is 5.96 Å². The van der Waals surface area contributed by atoms with E-state index in [1.165, 1.54) is 17.2 Å². The van der Waals surface area contributed by atoms with Gasteiger partial charge in [-0.2, -0.15) is 8.78 Å². The van der Waals surface area contributed by atoms with Gasteiger partial charge in [-0.05, 0) is 24.1 Å². The van der Waals surface area contributed by atoms with E-state index >= 15 is 0 Å². The van der Waals surface area contributed by atoms with Crippen LogP contribution in [0.5, 0.6) is 5.75 Å². The Bertz CT molecular complexity index is 689. The third kappa shape index (κ3) is 5.22. The number of nitrogens with one attached hydrogen (secondary N) is 2. The molecule has 0 radical (unpaired) electrons. The summed E-state index contributed by atoms with van der Waals surface area (Å²) < 4.78 is 29.4. The summed E-state index contributed by atoms with van der Waals surface area (Å²) in [5, 5.41) is 6.31. The molecule has 0 fully saturated rings. The predicted octanol–water partition coefficient (Wildman–Crippen LogP) is 3.46. The highest BCUT2D eigenvalue weighted by molar-refractivity contribution is 5.79. The number of aliphatic imine (C=N–C) groups is 1. The zero-order valence-electron chi connectivity index (χ0n) is 13.7. The third-order valence-corrected chi connectivity index (χ3v) is 3.57. The highest BCUT2D eigenvalue weighted by Gasteiger charge is 2.09. The number of rotatable bonds is 6. The monoisotopic (exact) mass is 333 g/mol. The van der Waals surface area contributed by atoms with Crippen LogP contribution in [0.1, 0.15) is 16.7 Å². The fourth-order valence-electron chi connectivity index (χ4n) is 2.25. The lowest BCUT2D eigenvalue weighted by atomic mass is 10.1. The van der Waals surface area contributed by atoms with Crippen LogP contribution in [0.4, 0.5) is 8.78 Å². The summed E-state index contributed by atoms with van der Waals surface area (Å²) in [5.41, 5.74) is 3.00. The fourth-order valence-corrected chi connectivity index (χ4v) is 2.25. The number of ether oxygens (including phenoxy) is 1. The summed E-state index contributed by atoms with van der Waals surface area (Å²) >= 11 is 0. The van der Waals surface area contributed by atoms with Crippen LogP contribution in [0.25, 0.3) is 0 Å². The molecule has 2 aromatic carbocycles. The van der Waals surface area contributed by atoms with Gasteiger partial charge in [0.25, 0.3) is 0 Å². The van der Waals surface area contributed by atoms with Crippen molar-refractivity contribution in [2.45, 2.75) is 26.6 Å². The third-order valence-electron chi connectivity index (χ3n) is 3.57. The predicted molar refractivity (Wildman–Crippen MR) is 91.3 cm³/mol. The Hall–Kier alpha value is -2.63. The van der Waals surface area contributed by atoms with Crippen molar-refractivity contribution in [2.24, 2.45) is 4.99 Å². The van der Waals surface area contributed by atoms with E-state index in [9.17, 15) is 8.78 Å². The smallest absolute Gasteiger partial charge is 0.387 e. The first-order valence-electron chi connectivity index (χ1n) is 7.62. The molecule has 0 saturated carbocycles. The van der Waals surface area contributed by atoms with E-state index in [4.69, 9.17) is 0 Å². The largest absolute Gasteiger partial charge is 0.434 e. The molecule has 24 heavy (non-hydrogen) atoms. The molecule has 0 aliphatic heterocycles. The normalized spacial score (nSPS) is 11.5. The van der Waals surface area contributed by atoms with Crippen molar-refractivity contribution < 1.29 is 13.5 Å². The van der Waals surface area contributed by atoms with Crippen LogP contribution in [0, 0.1) is 6.92 Å².